The van der Waals surface area contributed by atoms with E-state index in [1.807, 2.05) is 0 Å². The first-order valence-electron chi connectivity index (χ1n) is 2.59. The molecule has 0 amide bonds. The van der Waals surface area contributed by atoms with Crippen LogP contribution in [0.4, 0.5) is 0 Å². The summed E-state index contributed by atoms with van der Waals surface area (Å²) in [5.41, 5.74) is 0. The lowest BCUT2D eigenvalue weighted by Gasteiger charge is -2.03. The molecule has 0 aliphatic rings. The molecule has 1 aromatic rings. The minimum Gasteiger partial charge on any atom is -0.505 e. The molecule has 0 spiro atoms. The van der Waals surface area contributed by atoms with Gasteiger partial charge < -0.3 is 10.2 Å². The lowest BCUT2D eigenvalue weighted by molar-refractivity contribution is 0.447. The van der Waals surface area contributed by atoms with Crippen molar-refractivity contribution < 1.29 is 10.2 Å². The van der Waals surface area contributed by atoms with E-state index in [0.29, 0.717) is 8.95 Å². The Hall–Kier alpha value is 0.0700. The predicted molar refractivity (Wildman–Crippen MR) is 50.2 cm³/mol. The molecule has 0 aliphatic heterocycles. The van der Waals surface area contributed by atoms with Crippen LogP contribution in [0.5, 0.6) is 11.5 Å². The van der Waals surface area contributed by atoms with Gasteiger partial charge in [0.25, 0.3) is 0 Å². The molecule has 0 aliphatic carbocycles. The molecule has 2 N–H and O–H groups in total. The van der Waals surface area contributed by atoms with Crippen LogP contribution in [0.1, 0.15) is 0 Å². The Kier molecular flexibility index (Phi) is 2.67. The SMILES string of the molecule is Oc1c(Br)cc(Br)c(O)c1Cl. The highest BCUT2D eigenvalue weighted by molar-refractivity contribution is 9.11. The largest absolute Gasteiger partial charge is 0.505 e. The zero-order valence-electron chi connectivity index (χ0n) is 5.11. The van der Waals surface area contributed by atoms with Crippen LogP contribution in [0.2, 0.25) is 5.02 Å². The van der Waals surface area contributed by atoms with E-state index >= 15 is 0 Å². The van der Waals surface area contributed by atoms with Gasteiger partial charge in [-0.25, -0.2) is 0 Å². The summed E-state index contributed by atoms with van der Waals surface area (Å²) in [6, 6.07) is 1.51. The monoisotopic (exact) mass is 300 g/mol. The Morgan fingerprint density at radius 1 is 1.09 bits per heavy atom. The molecule has 0 aromatic heterocycles. The van der Waals surface area contributed by atoms with Crippen LogP contribution < -0.4 is 0 Å². The van der Waals surface area contributed by atoms with E-state index in [4.69, 9.17) is 21.8 Å². The second kappa shape index (κ2) is 3.21. The van der Waals surface area contributed by atoms with Gasteiger partial charge in [-0.3, -0.25) is 0 Å². The third-order valence-electron chi connectivity index (χ3n) is 1.12. The Balaban J connectivity index is 3.46. The summed E-state index contributed by atoms with van der Waals surface area (Å²) < 4.78 is 0.874. The van der Waals surface area contributed by atoms with E-state index in [2.05, 4.69) is 31.9 Å². The van der Waals surface area contributed by atoms with Gasteiger partial charge in [0.2, 0.25) is 0 Å². The number of halogens is 3. The predicted octanol–water partition coefficient (Wildman–Crippen LogP) is 3.28. The Morgan fingerprint density at radius 3 is 1.82 bits per heavy atom. The van der Waals surface area contributed by atoms with E-state index in [1.54, 1.807) is 0 Å². The smallest absolute Gasteiger partial charge is 0.152 e. The fourth-order valence-corrected chi connectivity index (χ4v) is 2.16. The van der Waals surface area contributed by atoms with Crippen molar-refractivity contribution >= 4 is 43.5 Å². The molecular formula is C6H3Br2ClO2. The van der Waals surface area contributed by atoms with Crippen molar-refractivity contribution in [1.82, 2.24) is 0 Å². The lowest BCUT2D eigenvalue weighted by Crippen LogP contribution is -1.75. The first kappa shape index (κ1) is 9.16. The molecule has 60 valence electrons. The molecule has 1 rings (SSSR count). The van der Waals surface area contributed by atoms with Crippen LogP contribution in [0.15, 0.2) is 15.0 Å². The number of benzene rings is 1. The van der Waals surface area contributed by atoms with Gasteiger partial charge in [-0.1, -0.05) is 11.6 Å². The number of rotatable bonds is 0. The molecule has 0 saturated heterocycles. The van der Waals surface area contributed by atoms with Crippen molar-refractivity contribution in [2.75, 3.05) is 0 Å². The molecule has 0 bridgehead atoms. The van der Waals surface area contributed by atoms with Crippen molar-refractivity contribution in [2.24, 2.45) is 0 Å². The van der Waals surface area contributed by atoms with Gasteiger partial charge in [-0.05, 0) is 37.9 Å². The molecule has 0 radical (unpaired) electrons. The van der Waals surface area contributed by atoms with Crippen LogP contribution in [0.3, 0.4) is 0 Å². The van der Waals surface area contributed by atoms with E-state index in [9.17, 15) is 0 Å². The highest BCUT2D eigenvalue weighted by atomic mass is 79.9. The van der Waals surface area contributed by atoms with Crippen LogP contribution in [-0.4, -0.2) is 10.2 Å². The summed E-state index contributed by atoms with van der Waals surface area (Å²) >= 11 is 11.6. The number of phenolic OH excluding ortho intramolecular Hbond substituents is 2. The molecule has 0 fully saturated rings. The van der Waals surface area contributed by atoms with E-state index < -0.39 is 0 Å². The minimum atomic E-state index is -0.160. The molecule has 5 heteroatoms. The molecule has 0 unspecified atom stereocenters. The Bertz CT molecular complexity index is 275. The van der Waals surface area contributed by atoms with Gasteiger partial charge >= 0.3 is 0 Å². The summed E-state index contributed by atoms with van der Waals surface area (Å²) in [4.78, 5) is 0. The fraction of sp³-hybridized carbons (Fsp3) is 0. The number of hydrogen-bond donors (Lipinski definition) is 2. The molecule has 0 heterocycles. The maximum atomic E-state index is 9.15. The number of phenols is 2. The third-order valence-corrected chi connectivity index (χ3v) is 2.69. The number of hydrogen-bond acceptors (Lipinski definition) is 2. The van der Waals surface area contributed by atoms with E-state index in [0.717, 1.165) is 0 Å². The first-order chi connectivity index (χ1) is 5.04. The third kappa shape index (κ3) is 1.63. The normalized spacial score (nSPS) is 10.1. The highest BCUT2D eigenvalue weighted by Gasteiger charge is 2.11. The maximum Gasteiger partial charge on any atom is 0.152 e. The maximum absolute atomic E-state index is 9.15. The van der Waals surface area contributed by atoms with Gasteiger partial charge in [0.1, 0.15) is 5.02 Å². The molecular weight excluding hydrogens is 299 g/mol. The summed E-state index contributed by atoms with van der Waals surface area (Å²) in [7, 11) is 0. The molecule has 2 nitrogen and oxygen atoms in total. The topological polar surface area (TPSA) is 40.5 Å². The van der Waals surface area contributed by atoms with Crippen molar-refractivity contribution in [3.63, 3.8) is 0 Å². The van der Waals surface area contributed by atoms with Crippen molar-refractivity contribution in [3.05, 3.63) is 20.0 Å². The summed E-state index contributed by atoms with van der Waals surface area (Å²) in [6.07, 6.45) is 0. The average Bonchev–Trinajstić information content (AvgIpc) is 1.97. The van der Waals surface area contributed by atoms with Crippen molar-refractivity contribution in [2.45, 2.75) is 0 Å². The standard InChI is InChI=1S/C6H3Br2ClO2/c7-2-1-3(8)6(11)4(9)5(2)10/h1,10-11H. The van der Waals surface area contributed by atoms with Crippen molar-refractivity contribution in [3.8, 4) is 11.5 Å². The van der Waals surface area contributed by atoms with Gasteiger partial charge in [-0.2, -0.15) is 0 Å². The minimum absolute atomic E-state index is 0.0637. The summed E-state index contributed by atoms with van der Waals surface area (Å²) in [6.45, 7) is 0. The summed E-state index contributed by atoms with van der Waals surface area (Å²) in [5, 5.41) is 18.2. The summed E-state index contributed by atoms with van der Waals surface area (Å²) in [5.74, 6) is -0.320. The van der Waals surface area contributed by atoms with Crippen LogP contribution >= 0.6 is 43.5 Å². The van der Waals surface area contributed by atoms with Crippen molar-refractivity contribution in [1.29, 1.82) is 0 Å². The average molecular weight is 302 g/mol. The van der Waals surface area contributed by atoms with Crippen LogP contribution in [-0.2, 0) is 0 Å². The Morgan fingerprint density at radius 2 is 1.45 bits per heavy atom. The van der Waals surface area contributed by atoms with Crippen LogP contribution in [0, 0.1) is 0 Å². The van der Waals surface area contributed by atoms with Gasteiger partial charge in [0, 0.05) is 0 Å². The first-order valence-corrected chi connectivity index (χ1v) is 4.56. The number of aromatic hydroxyl groups is 2. The Labute approximate surface area is 85.1 Å². The second-order valence-corrected chi connectivity index (χ2v) is 3.94. The molecule has 11 heavy (non-hydrogen) atoms. The van der Waals surface area contributed by atoms with Crippen LogP contribution in [0.25, 0.3) is 0 Å². The quantitative estimate of drug-likeness (QED) is 0.772. The zero-order chi connectivity index (χ0) is 8.59. The van der Waals surface area contributed by atoms with E-state index in [-0.39, 0.29) is 16.5 Å². The fourth-order valence-electron chi connectivity index (χ4n) is 0.570. The van der Waals surface area contributed by atoms with Gasteiger partial charge in [0.05, 0.1) is 8.95 Å². The highest BCUT2D eigenvalue weighted by Crippen LogP contribution is 2.43. The molecule has 1 aromatic carbocycles. The molecule has 0 atom stereocenters. The van der Waals surface area contributed by atoms with Gasteiger partial charge in [0.15, 0.2) is 11.5 Å². The lowest BCUT2D eigenvalue weighted by atomic mass is 10.3. The van der Waals surface area contributed by atoms with Gasteiger partial charge in [-0.15, -0.1) is 0 Å². The van der Waals surface area contributed by atoms with E-state index in [1.165, 1.54) is 6.07 Å². The second-order valence-electron chi connectivity index (χ2n) is 1.85. The molecule has 0 saturated carbocycles. The zero-order valence-corrected chi connectivity index (χ0v) is 9.03.